The van der Waals surface area contributed by atoms with Gasteiger partial charge in [0.2, 0.25) is 5.91 Å². The van der Waals surface area contributed by atoms with Crippen LogP contribution in [0.2, 0.25) is 0 Å². The minimum absolute atomic E-state index is 0. The van der Waals surface area contributed by atoms with Gasteiger partial charge >= 0.3 is 0 Å². The molecule has 1 aromatic heterocycles. The molecule has 0 aliphatic carbocycles. The van der Waals surface area contributed by atoms with Crippen LogP contribution in [0.1, 0.15) is 12.8 Å². The number of amides is 1. The van der Waals surface area contributed by atoms with Crippen LogP contribution in [0.3, 0.4) is 0 Å². The summed E-state index contributed by atoms with van der Waals surface area (Å²) in [6.45, 7) is 2.94. The lowest BCUT2D eigenvalue weighted by molar-refractivity contribution is -0.121. The predicted octanol–water partition coefficient (Wildman–Crippen LogP) is 2.69. The third-order valence-corrected chi connectivity index (χ3v) is 5.17. The van der Waals surface area contributed by atoms with Gasteiger partial charge in [0.15, 0.2) is 5.43 Å². The maximum absolute atomic E-state index is 12.7. The first kappa shape index (κ1) is 19.4. The number of nitrogens with one attached hydrogen (secondary N) is 2. The van der Waals surface area contributed by atoms with Crippen LogP contribution in [0.25, 0.3) is 21.8 Å². The van der Waals surface area contributed by atoms with Gasteiger partial charge in [0, 0.05) is 17.3 Å². The standard InChI is InChI=1S/C21H23N3O2.ClH/c25-20(23-13-15-6-5-11-22-12-15)14-24-18-9-3-1-7-16(18)21(26)17-8-2-4-10-19(17)24;/h1-4,7-10,15,22H,5-6,11-14H2,(H,23,25);1H. The molecule has 0 radical (unpaired) electrons. The van der Waals surface area contributed by atoms with Crippen LogP contribution in [0.5, 0.6) is 0 Å². The van der Waals surface area contributed by atoms with Crippen LogP contribution in [0.15, 0.2) is 53.3 Å². The Bertz CT molecular complexity index is 949. The Morgan fingerprint density at radius 1 is 1.07 bits per heavy atom. The minimum Gasteiger partial charge on any atom is -0.354 e. The van der Waals surface area contributed by atoms with Gasteiger partial charge in [0.05, 0.1) is 11.0 Å². The SMILES string of the molecule is Cl.O=C(Cn1c2ccccc2c(=O)c2ccccc21)NCC1CCCNC1. The van der Waals surface area contributed by atoms with Gasteiger partial charge in [-0.3, -0.25) is 9.59 Å². The molecule has 3 aromatic rings. The van der Waals surface area contributed by atoms with E-state index >= 15 is 0 Å². The molecule has 1 aliphatic rings. The van der Waals surface area contributed by atoms with Crippen molar-refractivity contribution in [1.82, 2.24) is 15.2 Å². The fourth-order valence-electron chi connectivity index (χ4n) is 3.80. The van der Waals surface area contributed by atoms with Crippen molar-refractivity contribution in [2.24, 2.45) is 5.92 Å². The molecule has 2 heterocycles. The highest BCUT2D eigenvalue weighted by Crippen LogP contribution is 2.19. The van der Waals surface area contributed by atoms with Gasteiger partial charge in [-0.1, -0.05) is 24.3 Å². The van der Waals surface area contributed by atoms with Crippen molar-refractivity contribution in [2.75, 3.05) is 19.6 Å². The van der Waals surface area contributed by atoms with Crippen LogP contribution in [-0.2, 0) is 11.3 Å². The predicted molar refractivity (Wildman–Crippen MR) is 112 cm³/mol. The number of carbonyl (C=O) groups excluding carboxylic acids is 1. The summed E-state index contributed by atoms with van der Waals surface area (Å²) in [6, 6.07) is 15.0. The smallest absolute Gasteiger partial charge is 0.239 e. The molecule has 27 heavy (non-hydrogen) atoms. The molecular weight excluding hydrogens is 362 g/mol. The quantitative estimate of drug-likeness (QED) is 0.679. The molecule has 1 saturated heterocycles. The van der Waals surface area contributed by atoms with Gasteiger partial charge in [0.25, 0.3) is 0 Å². The second kappa shape index (κ2) is 8.55. The van der Waals surface area contributed by atoms with Gasteiger partial charge in [-0.2, -0.15) is 0 Å². The summed E-state index contributed by atoms with van der Waals surface area (Å²) in [5, 5.41) is 7.74. The van der Waals surface area contributed by atoms with E-state index in [4.69, 9.17) is 0 Å². The van der Waals surface area contributed by atoms with Crippen LogP contribution in [0, 0.1) is 5.92 Å². The highest BCUT2D eigenvalue weighted by molar-refractivity contribution is 5.94. The van der Waals surface area contributed by atoms with Crippen LogP contribution < -0.4 is 16.1 Å². The fourth-order valence-corrected chi connectivity index (χ4v) is 3.80. The molecular formula is C21H24ClN3O2. The summed E-state index contributed by atoms with van der Waals surface area (Å²) in [6.07, 6.45) is 2.31. The lowest BCUT2D eigenvalue weighted by Crippen LogP contribution is -2.39. The molecule has 0 spiro atoms. The third-order valence-electron chi connectivity index (χ3n) is 5.17. The summed E-state index contributed by atoms with van der Waals surface area (Å²) < 4.78 is 1.94. The van der Waals surface area contributed by atoms with E-state index in [1.54, 1.807) is 0 Å². The molecule has 6 heteroatoms. The van der Waals surface area contributed by atoms with Crippen molar-refractivity contribution in [3.05, 3.63) is 58.8 Å². The molecule has 4 rings (SSSR count). The first-order chi connectivity index (χ1) is 12.7. The highest BCUT2D eigenvalue weighted by Gasteiger charge is 2.16. The van der Waals surface area contributed by atoms with Crippen LogP contribution in [0.4, 0.5) is 0 Å². The molecule has 1 aliphatic heterocycles. The van der Waals surface area contributed by atoms with Crippen molar-refractivity contribution in [3.8, 4) is 0 Å². The Labute approximate surface area is 164 Å². The van der Waals surface area contributed by atoms with Crippen LogP contribution >= 0.6 is 12.4 Å². The lowest BCUT2D eigenvalue weighted by Gasteiger charge is -2.23. The van der Waals surface area contributed by atoms with E-state index in [0.717, 1.165) is 37.0 Å². The number of rotatable bonds is 4. The van der Waals surface area contributed by atoms with Crippen molar-refractivity contribution < 1.29 is 4.79 Å². The number of nitrogens with zero attached hydrogens (tertiary/aromatic N) is 1. The second-order valence-electron chi connectivity index (χ2n) is 6.97. The van der Waals surface area contributed by atoms with E-state index in [2.05, 4.69) is 10.6 Å². The van der Waals surface area contributed by atoms with E-state index in [0.29, 0.717) is 23.2 Å². The lowest BCUT2D eigenvalue weighted by atomic mass is 10.00. The Hall–Kier alpha value is -2.37. The first-order valence-electron chi connectivity index (χ1n) is 9.22. The van der Waals surface area contributed by atoms with E-state index in [1.165, 1.54) is 0 Å². The number of piperidine rings is 1. The zero-order chi connectivity index (χ0) is 17.9. The fraction of sp³-hybridized carbons (Fsp3) is 0.333. The van der Waals surface area contributed by atoms with Gasteiger partial charge in [-0.15, -0.1) is 12.4 Å². The molecule has 1 fully saturated rings. The largest absolute Gasteiger partial charge is 0.354 e. The van der Waals surface area contributed by atoms with E-state index < -0.39 is 0 Å². The zero-order valence-corrected chi connectivity index (χ0v) is 15.9. The maximum atomic E-state index is 12.7. The average molecular weight is 386 g/mol. The Morgan fingerprint density at radius 2 is 1.70 bits per heavy atom. The van der Waals surface area contributed by atoms with Gasteiger partial charge in [0.1, 0.15) is 6.54 Å². The van der Waals surface area contributed by atoms with Crippen molar-refractivity contribution in [1.29, 1.82) is 0 Å². The third kappa shape index (κ3) is 3.99. The summed E-state index contributed by atoms with van der Waals surface area (Å²) in [4.78, 5) is 25.3. The summed E-state index contributed by atoms with van der Waals surface area (Å²) in [7, 11) is 0. The number of carbonyl (C=O) groups is 1. The Morgan fingerprint density at radius 3 is 2.30 bits per heavy atom. The van der Waals surface area contributed by atoms with E-state index in [9.17, 15) is 9.59 Å². The van der Waals surface area contributed by atoms with Crippen molar-refractivity contribution in [2.45, 2.75) is 19.4 Å². The number of halogens is 1. The second-order valence-corrected chi connectivity index (χ2v) is 6.97. The number of para-hydroxylation sites is 2. The molecule has 2 N–H and O–H groups in total. The van der Waals surface area contributed by atoms with Crippen molar-refractivity contribution >= 4 is 40.1 Å². The molecule has 142 valence electrons. The topological polar surface area (TPSA) is 63.1 Å². The van der Waals surface area contributed by atoms with E-state index in [1.807, 2.05) is 53.1 Å². The van der Waals surface area contributed by atoms with Gasteiger partial charge in [-0.05, 0) is 56.1 Å². The maximum Gasteiger partial charge on any atom is 0.239 e. The normalized spacial score (nSPS) is 16.8. The molecule has 0 saturated carbocycles. The number of pyridine rings is 1. The zero-order valence-electron chi connectivity index (χ0n) is 15.1. The molecule has 2 aromatic carbocycles. The number of benzene rings is 2. The molecule has 1 atom stereocenters. The molecule has 0 bridgehead atoms. The first-order valence-corrected chi connectivity index (χ1v) is 9.22. The monoisotopic (exact) mass is 385 g/mol. The summed E-state index contributed by atoms with van der Waals surface area (Å²) in [5.41, 5.74) is 1.61. The van der Waals surface area contributed by atoms with E-state index in [-0.39, 0.29) is 30.3 Å². The Balaban J connectivity index is 0.00000210. The number of aromatic nitrogens is 1. The van der Waals surface area contributed by atoms with Gasteiger partial charge < -0.3 is 15.2 Å². The Kier molecular flexibility index (Phi) is 6.14. The number of hydrogen-bond donors (Lipinski definition) is 2. The highest BCUT2D eigenvalue weighted by atomic mass is 35.5. The van der Waals surface area contributed by atoms with Crippen molar-refractivity contribution in [3.63, 3.8) is 0 Å². The summed E-state index contributed by atoms with van der Waals surface area (Å²) in [5.74, 6) is 0.477. The number of fused-ring (bicyclic) bond motifs is 2. The minimum atomic E-state index is -0.0190. The van der Waals surface area contributed by atoms with Gasteiger partial charge in [-0.25, -0.2) is 0 Å². The van der Waals surface area contributed by atoms with Crippen LogP contribution in [-0.4, -0.2) is 30.1 Å². The molecule has 1 amide bonds. The summed E-state index contributed by atoms with van der Waals surface area (Å²) >= 11 is 0. The number of hydrogen-bond acceptors (Lipinski definition) is 3. The average Bonchev–Trinajstić information content (AvgIpc) is 2.70. The molecule has 5 nitrogen and oxygen atoms in total. The molecule has 1 unspecified atom stereocenters.